The maximum atomic E-state index is 4.14. The molecule has 0 aliphatic carbocycles. The summed E-state index contributed by atoms with van der Waals surface area (Å²) in [5.74, 6) is 6.64. The monoisotopic (exact) mass is 225 g/mol. The first-order chi connectivity index (χ1) is 3.06. The average molecular weight is 223 g/mol. The zero-order valence-electron chi connectivity index (χ0n) is 4.86. The van der Waals surface area contributed by atoms with Gasteiger partial charge in [-0.1, -0.05) is 0 Å². The summed E-state index contributed by atoms with van der Waals surface area (Å²) in [5.41, 5.74) is 0. The van der Waals surface area contributed by atoms with Crippen LogP contribution in [0.2, 0.25) is 17.3 Å². The van der Waals surface area contributed by atoms with E-state index in [0.29, 0.717) is 0 Å². The van der Waals surface area contributed by atoms with Gasteiger partial charge in [0.1, 0.15) is 0 Å². The quantitative estimate of drug-likeness (QED) is 0.462. The Morgan fingerprint density at radius 1 is 1.43 bits per heavy atom. The molecule has 7 heavy (non-hydrogen) atoms. The molecule has 0 rings (SSSR count). The fraction of sp³-hybridized carbons (Fsp3) is 0.750. The van der Waals surface area contributed by atoms with E-state index in [1.807, 2.05) is 0 Å². The molecule has 0 N–H and O–H groups in total. The molecule has 0 aromatic carbocycles. The molecule has 0 aromatic rings. The second-order valence-corrected chi connectivity index (χ2v) is 12.3. The van der Waals surface area contributed by atoms with Crippen LogP contribution in [0.15, 0.2) is 3.95 Å². The van der Waals surface area contributed by atoms with E-state index in [0.717, 1.165) is 0 Å². The van der Waals surface area contributed by atoms with E-state index >= 15 is 0 Å². The molecular formula is C4H9GeNSe. The Morgan fingerprint density at radius 2 is 1.86 bits per heavy atom. The van der Waals surface area contributed by atoms with Crippen molar-refractivity contribution >= 4 is 33.8 Å². The minimum atomic E-state index is -1.60. The summed E-state index contributed by atoms with van der Waals surface area (Å²) in [6.07, 6.45) is 0. The Bertz CT molecular complexity index is 98.7. The second-order valence-electron chi connectivity index (χ2n) is 2.37. The molecule has 0 radical (unpaired) electrons. The predicted molar refractivity (Wildman–Crippen MR) is 36.5 cm³/mol. The van der Waals surface area contributed by atoms with Crippen LogP contribution < -0.4 is 0 Å². The SMILES string of the molecule is [CH3][Ge]([CH3])([CH3])[N]=C=[Se]. The van der Waals surface area contributed by atoms with E-state index in [4.69, 9.17) is 0 Å². The Balaban J connectivity index is 3.80. The number of hydrogen-bond donors (Lipinski definition) is 0. The van der Waals surface area contributed by atoms with Gasteiger partial charge in [-0.25, -0.2) is 0 Å². The minimum absolute atomic E-state index is 1.60. The van der Waals surface area contributed by atoms with E-state index in [1.165, 1.54) is 0 Å². The van der Waals surface area contributed by atoms with Crippen LogP contribution in [-0.4, -0.2) is 33.8 Å². The van der Waals surface area contributed by atoms with Crippen molar-refractivity contribution in [2.75, 3.05) is 0 Å². The second kappa shape index (κ2) is 2.83. The van der Waals surface area contributed by atoms with E-state index < -0.39 is 13.5 Å². The zero-order valence-corrected chi connectivity index (χ0v) is 8.67. The van der Waals surface area contributed by atoms with Gasteiger partial charge in [-0.05, 0) is 0 Å². The van der Waals surface area contributed by atoms with Crippen molar-refractivity contribution in [3.63, 3.8) is 0 Å². The van der Waals surface area contributed by atoms with E-state index in [-0.39, 0.29) is 0 Å². The van der Waals surface area contributed by atoms with Gasteiger partial charge < -0.3 is 0 Å². The molecule has 0 aliphatic rings. The normalized spacial score (nSPS) is 10.1. The van der Waals surface area contributed by atoms with Crippen LogP contribution in [0.4, 0.5) is 0 Å². The van der Waals surface area contributed by atoms with Crippen molar-refractivity contribution in [2.24, 2.45) is 3.95 Å². The third-order valence-corrected chi connectivity index (χ3v) is 2.98. The topological polar surface area (TPSA) is 12.4 Å². The average Bonchev–Trinajstić information content (AvgIpc) is 1.30. The van der Waals surface area contributed by atoms with Gasteiger partial charge in [0, 0.05) is 0 Å². The Kier molecular flexibility index (Phi) is 3.09. The molecule has 0 saturated heterocycles. The number of hydrogen-bond acceptors (Lipinski definition) is 1. The van der Waals surface area contributed by atoms with Crippen molar-refractivity contribution in [3.8, 4) is 0 Å². The van der Waals surface area contributed by atoms with Crippen molar-refractivity contribution < 1.29 is 0 Å². The van der Waals surface area contributed by atoms with Crippen LogP contribution >= 0.6 is 0 Å². The first kappa shape index (κ1) is 7.64. The molecule has 0 aromatic heterocycles. The molecule has 40 valence electrons. The van der Waals surface area contributed by atoms with Crippen LogP contribution in [0.5, 0.6) is 0 Å². The van der Waals surface area contributed by atoms with Crippen LogP contribution in [-0.2, 0) is 0 Å². The molecule has 0 amide bonds. The van der Waals surface area contributed by atoms with Gasteiger partial charge in [0.05, 0.1) is 0 Å². The molecule has 0 fully saturated rings. The summed E-state index contributed by atoms with van der Waals surface area (Å²) in [4.78, 5) is 0. The number of rotatable bonds is 1. The summed E-state index contributed by atoms with van der Waals surface area (Å²) in [6, 6.07) is 0. The maximum absolute atomic E-state index is 4.14. The predicted octanol–water partition coefficient (Wildman–Crippen LogP) is 0.895. The van der Waals surface area contributed by atoms with Gasteiger partial charge in [-0.15, -0.1) is 0 Å². The standard InChI is InChI=1S/C4H9GeNSe/c1-5(2,3)6-4-7/h1-3H3. The van der Waals surface area contributed by atoms with E-state index in [2.05, 4.69) is 41.5 Å². The molecule has 3 heteroatoms. The molecule has 0 spiro atoms. The molecule has 1 nitrogen and oxygen atoms in total. The third kappa shape index (κ3) is 6.64. The molecule has 0 aliphatic heterocycles. The molecule has 0 unspecified atom stereocenters. The van der Waals surface area contributed by atoms with Gasteiger partial charge in [-0.2, -0.15) is 0 Å². The first-order valence-electron chi connectivity index (χ1n) is 2.15. The third-order valence-electron chi connectivity index (χ3n) is 0.381. The summed E-state index contributed by atoms with van der Waals surface area (Å²) in [5, 5.41) is 0. The Morgan fingerprint density at radius 3 is 1.86 bits per heavy atom. The van der Waals surface area contributed by atoms with Gasteiger partial charge >= 0.3 is 55.0 Å². The summed E-state index contributed by atoms with van der Waals surface area (Å²) in [7, 11) is 0. The fourth-order valence-corrected chi connectivity index (χ4v) is 3.70. The Labute approximate surface area is 55.2 Å². The van der Waals surface area contributed by atoms with Gasteiger partial charge in [-0.3, -0.25) is 0 Å². The van der Waals surface area contributed by atoms with E-state index in [1.54, 1.807) is 0 Å². The van der Waals surface area contributed by atoms with Crippen LogP contribution in [0, 0.1) is 0 Å². The molecule has 0 heterocycles. The van der Waals surface area contributed by atoms with Gasteiger partial charge in [0.15, 0.2) is 0 Å². The molecular weight excluding hydrogens is 214 g/mol. The molecule has 0 atom stereocenters. The van der Waals surface area contributed by atoms with Gasteiger partial charge in [0.2, 0.25) is 0 Å². The van der Waals surface area contributed by atoms with Crippen molar-refractivity contribution in [1.82, 2.24) is 0 Å². The number of nitrogens with zero attached hydrogens (tertiary/aromatic N) is 1. The first-order valence-corrected chi connectivity index (χ1v) is 10.2. The summed E-state index contributed by atoms with van der Waals surface area (Å²) in [6.45, 7) is 0. The van der Waals surface area contributed by atoms with Gasteiger partial charge in [0.25, 0.3) is 0 Å². The molecule has 0 bridgehead atoms. The van der Waals surface area contributed by atoms with Crippen LogP contribution in [0.1, 0.15) is 0 Å². The fourth-order valence-electron chi connectivity index (χ4n) is 0.137. The summed E-state index contributed by atoms with van der Waals surface area (Å²) < 4.78 is 6.83. The van der Waals surface area contributed by atoms with Crippen LogP contribution in [0.3, 0.4) is 0 Å². The van der Waals surface area contributed by atoms with Crippen molar-refractivity contribution in [1.29, 1.82) is 0 Å². The zero-order chi connectivity index (χ0) is 5.91. The van der Waals surface area contributed by atoms with Crippen LogP contribution in [0.25, 0.3) is 0 Å². The van der Waals surface area contributed by atoms with Crippen molar-refractivity contribution in [2.45, 2.75) is 17.3 Å². The van der Waals surface area contributed by atoms with Crippen molar-refractivity contribution in [3.05, 3.63) is 0 Å². The Hall–Kier alpha value is 0.642. The van der Waals surface area contributed by atoms with E-state index in [9.17, 15) is 0 Å². The summed E-state index contributed by atoms with van der Waals surface area (Å²) >= 11 is 1.03. The molecule has 0 saturated carbocycles.